The highest BCUT2D eigenvalue weighted by atomic mass is 16.1. The van der Waals surface area contributed by atoms with Gasteiger partial charge in [0, 0.05) is 37.9 Å². The minimum atomic E-state index is 0.0435. The lowest BCUT2D eigenvalue weighted by atomic mass is 9.93. The number of pyridine rings is 1. The molecule has 0 spiro atoms. The maximum absolute atomic E-state index is 12.7. The van der Waals surface area contributed by atoms with Gasteiger partial charge in [-0.3, -0.25) is 14.7 Å². The van der Waals surface area contributed by atoms with Crippen molar-refractivity contribution in [2.24, 2.45) is 5.92 Å². The quantitative estimate of drug-likeness (QED) is 0.667. The molecule has 0 radical (unpaired) electrons. The van der Waals surface area contributed by atoms with Crippen molar-refractivity contribution in [2.75, 3.05) is 42.5 Å². The van der Waals surface area contributed by atoms with Crippen LogP contribution >= 0.6 is 0 Å². The molecule has 2 aromatic rings. The van der Waals surface area contributed by atoms with Crippen LogP contribution in [0.5, 0.6) is 0 Å². The van der Waals surface area contributed by atoms with Crippen LogP contribution in [0.3, 0.4) is 0 Å². The molecule has 4 heterocycles. The van der Waals surface area contributed by atoms with Crippen LogP contribution in [0.15, 0.2) is 30.5 Å². The van der Waals surface area contributed by atoms with Crippen LogP contribution in [0.4, 0.5) is 17.6 Å². The topological polar surface area (TPSA) is 126 Å². The number of nitrogens with one attached hydrogen (secondary N) is 1. The van der Waals surface area contributed by atoms with Crippen LogP contribution in [0.25, 0.3) is 0 Å². The molecule has 0 saturated carbocycles. The predicted octanol–water partition coefficient (Wildman–Crippen LogP) is 1.03. The fourth-order valence-electron chi connectivity index (χ4n) is 4.47. The lowest BCUT2D eigenvalue weighted by Crippen LogP contribution is -2.51. The molecule has 2 saturated heterocycles. The van der Waals surface area contributed by atoms with E-state index in [9.17, 15) is 4.79 Å². The fourth-order valence-corrected chi connectivity index (χ4v) is 4.47. The summed E-state index contributed by atoms with van der Waals surface area (Å²) in [5.41, 5.74) is 12.4. The van der Waals surface area contributed by atoms with Crippen molar-refractivity contribution in [2.45, 2.75) is 38.3 Å². The van der Waals surface area contributed by atoms with Gasteiger partial charge in [-0.2, -0.15) is 9.97 Å². The molecule has 0 bridgehead atoms. The van der Waals surface area contributed by atoms with Gasteiger partial charge in [0.2, 0.25) is 11.9 Å². The van der Waals surface area contributed by atoms with Crippen molar-refractivity contribution < 1.29 is 4.79 Å². The summed E-state index contributed by atoms with van der Waals surface area (Å²) in [6, 6.07) is 8.02. The van der Waals surface area contributed by atoms with Gasteiger partial charge < -0.3 is 21.7 Å². The summed E-state index contributed by atoms with van der Waals surface area (Å²) in [4.78, 5) is 29.9. The SMILES string of the molecule is Nc1cc(N2CCC(N3CCC[C@H](C(=O)NCc4ccccn4)C3)CC2)nc(N)n1. The summed E-state index contributed by atoms with van der Waals surface area (Å²) >= 11 is 0. The zero-order valence-electron chi connectivity index (χ0n) is 17.2. The Morgan fingerprint density at radius 2 is 1.97 bits per heavy atom. The zero-order valence-corrected chi connectivity index (χ0v) is 17.2. The molecule has 2 aromatic heterocycles. The minimum Gasteiger partial charge on any atom is -0.383 e. The van der Waals surface area contributed by atoms with E-state index >= 15 is 0 Å². The Morgan fingerprint density at radius 3 is 2.70 bits per heavy atom. The standard InChI is InChI=1S/C21H30N8O/c22-18-12-19(27-21(23)26-18)28-10-6-17(7-11-28)29-9-3-4-15(14-29)20(30)25-13-16-5-1-2-8-24-16/h1-2,5,8,12,15,17H,3-4,6-7,9-11,13-14H2,(H,25,30)(H4,22,23,26,27)/t15-/m0/s1. The summed E-state index contributed by atoms with van der Waals surface area (Å²) in [6.45, 7) is 4.16. The van der Waals surface area contributed by atoms with Crippen LogP contribution in [0, 0.1) is 5.92 Å². The van der Waals surface area contributed by atoms with Crippen molar-refractivity contribution >= 4 is 23.5 Å². The molecule has 1 amide bonds. The van der Waals surface area contributed by atoms with Crippen molar-refractivity contribution in [3.05, 3.63) is 36.2 Å². The third-order valence-corrected chi connectivity index (χ3v) is 6.05. The lowest BCUT2D eigenvalue weighted by molar-refractivity contribution is -0.127. The zero-order chi connectivity index (χ0) is 20.9. The van der Waals surface area contributed by atoms with Gasteiger partial charge in [0.25, 0.3) is 0 Å². The maximum atomic E-state index is 12.7. The number of nitrogens with two attached hydrogens (primary N) is 2. The van der Waals surface area contributed by atoms with Crippen molar-refractivity contribution in [3.8, 4) is 0 Å². The first-order valence-electron chi connectivity index (χ1n) is 10.6. The predicted molar refractivity (Wildman–Crippen MR) is 116 cm³/mol. The number of rotatable bonds is 5. The second-order valence-corrected chi connectivity index (χ2v) is 8.10. The van der Waals surface area contributed by atoms with Gasteiger partial charge in [-0.25, -0.2) is 0 Å². The van der Waals surface area contributed by atoms with Crippen molar-refractivity contribution in [1.29, 1.82) is 0 Å². The van der Waals surface area contributed by atoms with Gasteiger partial charge in [-0.1, -0.05) is 6.07 Å². The Labute approximate surface area is 176 Å². The Bertz CT molecular complexity index is 833. The maximum Gasteiger partial charge on any atom is 0.224 e. The number of hydrogen-bond donors (Lipinski definition) is 3. The lowest BCUT2D eigenvalue weighted by Gasteiger charge is -2.42. The first kappa shape index (κ1) is 20.3. The smallest absolute Gasteiger partial charge is 0.224 e. The van der Waals surface area contributed by atoms with E-state index in [0.717, 1.165) is 63.4 Å². The van der Waals surface area contributed by atoms with Crippen LogP contribution in [0.2, 0.25) is 0 Å². The average molecular weight is 411 g/mol. The highest BCUT2D eigenvalue weighted by molar-refractivity contribution is 5.78. The van der Waals surface area contributed by atoms with E-state index in [4.69, 9.17) is 11.5 Å². The third-order valence-electron chi connectivity index (χ3n) is 6.05. The van der Waals surface area contributed by atoms with E-state index in [-0.39, 0.29) is 17.8 Å². The van der Waals surface area contributed by atoms with E-state index in [1.165, 1.54) is 0 Å². The highest BCUT2D eigenvalue weighted by Gasteiger charge is 2.32. The summed E-state index contributed by atoms with van der Waals surface area (Å²) in [5, 5.41) is 3.06. The molecule has 160 valence electrons. The van der Waals surface area contributed by atoms with Gasteiger partial charge in [0.05, 0.1) is 18.2 Å². The van der Waals surface area contributed by atoms with Gasteiger partial charge in [0.15, 0.2) is 0 Å². The van der Waals surface area contributed by atoms with Gasteiger partial charge in [-0.15, -0.1) is 0 Å². The summed E-state index contributed by atoms with van der Waals surface area (Å²) < 4.78 is 0. The highest BCUT2D eigenvalue weighted by Crippen LogP contribution is 2.26. The minimum absolute atomic E-state index is 0.0435. The Morgan fingerprint density at radius 1 is 1.13 bits per heavy atom. The fraction of sp³-hybridized carbons (Fsp3) is 0.524. The third kappa shape index (κ3) is 4.96. The molecular formula is C21H30N8O. The summed E-state index contributed by atoms with van der Waals surface area (Å²) in [7, 11) is 0. The molecule has 1 atom stereocenters. The number of piperidine rings is 2. The molecule has 0 aromatic carbocycles. The van der Waals surface area contributed by atoms with Crippen LogP contribution in [0.1, 0.15) is 31.4 Å². The second kappa shape index (κ2) is 9.25. The molecule has 9 nitrogen and oxygen atoms in total. The van der Waals surface area contributed by atoms with Crippen molar-refractivity contribution in [3.63, 3.8) is 0 Å². The van der Waals surface area contributed by atoms with Gasteiger partial charge >= 0.3 is 0 Å². The molecule has 2 fully saturated rings. The van der Waals surface area contributed by atoms with Crippen molar-refractivity contribution in [1.82, 2.24) is 25.2 Å². The number of carbonyl (C=O) groups is 1. The molecule has 4 rings (SSSR count). The molecule has 2 aliphatic heterocycles. The monoisotopic (exact) mass is 410 g/mol. The number of anilines is 3. The first-order valence-corrected chi connectivity index (χ1v) is 10.6. The number of aromatic nitrogens is 3. The second-order valence-electron chi connectivity index (χ2n) is 8.10. The molecule has 5 N–H and O–H groups in total. The Kier molecular flexibility index (Phi) is 6.27. The van der Waals surface area contributed by atoms with Crippen LogP contribution in [-0.4, -0.2) is 58.0 Å². The number of carbonyl (C=O) groups excluding carboxylic acids is 1. The van der Waals surface area contributed by atoms with E-state index in [1.807, 2.05) is 18.2 Å². The van der Waals surface area contributed by atoms with E-state index in [2.05, 4.69) is 30.1 Å². The van der Waals surface area contributed by atoms with E-state index in [0.29, 0.717) is 18.4 Å². The number of likely N-dealkylation sites (tertiary alicyclic amines) is 1. The molecule has 30 heavy (non-hydrogen) atoms. The first-order chi connectivity index (χ1) is 14.6. The Hall–Kier alpha value is -2.94. The molecule has 0 aliphatic carbocycles. The average Bonchev–Trinajstić information content (AvgIpc) is 2.78. The van der Waals surface area contributed by atoms with Gasteiger partial charge in [-0.05, 0) is 44.4 Å². The molecular weight excluding hydrogens is 380 g/mol. The number of hydrogen-bond acceptors (Lipinski definition) is 8. The normalized spacial score (nSPS) is 20.8. The van der Waals surface area contributed by atoms with E-state index < -0.39 is 0 Å². The Balaban J connectivity index is 1.28. The molecule has 0 unspecified atom stereocenters. The van der Waals surface area contributed by atoms with Gasteiger partial charge in [0.1, 0.15) is 11.6 Å². The number of nitrogen functional groups attached to an aromatic ring is 2. The number of nitrogens with zero attached hydrogens (tertiary/aromatic N) is 5. The number of amides is 1. The summed E-state index contributed by atoms with van der Waals surface area (Å²) in [5.74, 6) is 1.58. The molecule has 9 heteroatoms. The molecule has 2 aliphatic rings. The van der Waals surface area contributed by atoms with Crippen LogP contribution < -0.4 is 21.7 Å². The largest absolute Gasteiger partial charge is 0.383 e. The van der Waals surface area contributed by atoms with Crippen LogP contribution in [-0.2, 0) is 11.3 Å². The van der Waals surface area contributed by atoms with E-state index in [1.54, 1.807) is 12.3 Å². The summed E-state index contributed by atoms with van der Waals surface area (Å²) in [6.07, 6.45) is 5.82.